The van der Waals surface area contributed by atoms with E-state index in [1.165, 1.54) is 22.4 Å². The van der Waals surface area contributed by atoms with Gasteiger partial charge in [0.1, 0.15) is 0 Å². The molecular weight excluding hydrogens is 342 g/mol. The number of rotatable bonds is 4. The van der Waals surface area contributed by atoms with Crippen molar-refractivity contribution in [3.8, 4) is 34.3 Å². The summed E-state index contributed by atoms with van der Waals surface area (Å²) in [5, 5.41) is 2.21. The van der Waals surface area contributed by atoms with E-state index in [1.54, 1.807) is 28.4 Å². The van der Waals surface area contributed by atoms with Crippen LogP contribution in [-0.4, -0.2) is 28.4 Å². The summed E-state index contributed by atoms with van der Waals surface area (Å²) >= 11 is 0. The fraction of sp³-hybridized carbons (Fsp3) is 0.318. The molecule has 1 aliphatic rings. The lowest BCUT2D eigenvalue weighted by atomic mass is 9.91. The van der Waals surface area contributed by atoms with Gasteiger partial charge in [0.05, 0.1) is 39.4 Å². The molecule has 27 heavy (non-hydrogen) atoms. The molecule has 0 atom stereocenters. The summed E-state index contributed by atoms with van der Waals surface area (Å²) in [5.74, 6) is 3.03. The minimum absolute atomic E-state index is 0.743. The van der Waals surface area contributed by atoms with Crippen LogP contribution in [0.1, 0.15) is 11.1 Å². The molecular formula is C22H24NO4+. The van der Waals surface area contributed by atoms with E-state index in [1.807, 2.05) is 6.07 Å². The molecule has 0 radical (unpaired) electrons. The van der Waals surface area contributed by atoms with Gasteiger partial charge in [0, 0.05) is 17.4 Å². The van der Waals surface area contributed by atoms with Crippen molar-refractivity contribution in [3.05, 3.63) is 41.6 Å². The number of fused-ring (bicyclic) bond motifs is 4. The van der Waals surface area contributed by atoms with Crippen LogP contribution in [0.3, 0.4) is 0 Å². The monoisotopic (exact) mass is 366 g/mol. The van der Waals surface area contributed by atoms with Gasteiger partial charge in [-0.15, -0.1) is 0 Å². The topological polar surface area (TPSA) is 40.8 Å². The van der Waals surface area contributed by atoms with E-state index in [9.17, 15) is 0 Å². The highest BCUT2D eigenvalue weighted by atomic mass is 16.5. The summed E-state index contributed by atoms with van der Waals surface area (Å²) in [5.41, 5.74) is 4.88. The summed E-state index contributed by atoms with van der Waals surface area (Å²) in [4.78, 5) is 0. The lowest BCUT2D eigenvalue weighted by Gasteiger charge is -2.20. The van der Waals surface area contributed by atoms with Gasteiger partial charge in [0.2, 0.25) is 5.69 Å². The molecule has 0 bridgehead atoms. The maximum Gasteiger partial charge on any atom is 0.216 e. The number of methoxy groups -OCH3 is 4. The Balaban J connectivity index is 2.03. The first kappa shape index (κ1) is 17.5. The van der Waals surface area contributed by atoms with Crippen LogP contribution in [0.5, 0.6) is 23.0 Å². The smallest absolute Gasteiger partial charge is 0.216 e. The van der Waals surface area contributed by atoms with E-state index in [4.69, 9.17) is 18.9 Å². The highest BCUT2D eigenvalue weighted by Crippen LogP contribution is 2.41. The highest BCUT2D eigenvalue weighted by molar-refractivity contribution is 5.94. The number of ether oxygens (including phenoxy) is 4. The van der Waals surface area contributed by atoms with Gasteiger partial charge in [-0.2, -0.15) is 4.57 Å². The number of aromatic nitrogens is 1. The van der Waals surface area contributed by atoms with E-state index < -0.39 is 0 Å². The lowest BCUT2D eigenvalue weighted by molar-refractivity contribution is -0.686. The number of aryl methyl sites for hydroxylation is 3. The molecule has 2 heterocycles. The van der Waals surface area contributed by atoms with Gasteiger partial charge < -0.3 is 18.9 Å². The van der Waals surface area contributed by atoms with Gasteiger partial charge in [-0.3, -0.25) is 0 Å². The summed E-state index contributed by atoms with van der Waals surface area (Å²) in [6.07, 6.45) is 3.10. The molecule has 0 aliphatic carbocycles. The van der Waals surface area contributed by atoms with Gasteiger partial charge in [0.25, 0.3) is 0 Å². The van der Waals surface area contributed by atoms with Gasteiger partial charge >= 0.3 is 0 Å². The Morgan fingerprint density at radius 2 is 1.52 bits per heavy atom. The second kappa shape index (κ2) is 6.65. The van der Waals surface area contributed by atoms with Crippen molar-refractivity contribution >= 4 is 10.8 Å². The van der Waals surface area contributed by atoms with Crippen molar-refractivity contribution in [3.63, 3.8) is 0 Å². The molecule has 3 aromatic rings. The van der Waals surface area contributed by atoms with Crippen LogP contribution in [-0.2, 0) is 13.0 Å². The Labute approximate surface area is 159 Å². The van der Waals surface area contributed by atoms with E-state index in [0.29, 0.717) is 0 Å². The molecule has 1 aromatic heterocycles. The first-order valence-electron chi connectivity index (χ1n) is 8.96. The number of nitrogens with zero attached hydrogens (tertiary/aromatic N) is 1. The first-order chi connectivity index (χ1) is 13.1. The average Bonchev–Trinajstić information content (AvgIpc) is 2.71. The van der Waals surface area contributed by atoms with Gasteiger partial charge in [-0.1, -0.05) is 0 Å². The molecule has 0 saturated carbocycles. The summed E-state index contributed by atoms with van der Waals surface area (Å²) < 4.78 is 24.5. The maximum absolute atomic E-state index is 5.66. The van der Waals surface area contributed by atoms with Gasteiger partial charge in [0.15, 0.2) is 35.7 Å². The number of pyridine rings is 1. The first-order valence-corrected chi connectivity index (χ1v) is 8.96. The molecule has 0 N–H and O–H groups in total. The predicted molar refractivity (Wildman–Crippen MR) is 104 cm³/mol. The van der Waals surface area contributed by atoms with Crippen molar-refractivity contribution in [2.45, 2.75) is 19.9 Å². The van der Waals surface area contributed by atoms with E-state index in [-0.39, 0.29) is 0 Å². The molecule has 0 saturated heterocycles. The standard InChI is InChI=1S/C22H24NO4/c1-13-15-6-7-18(24-2)22(27-5)17(15)12-23-9-8-14-10-19(25-3)20(26-4)11-16(14)21(13)23/h6-7,10-12H,8-9H2,1-5H3/q+1. The maximum atomic E-state index is 5.66. The second-order valence-electron chi connectivity index (χ2n) is 6.67. The summed E-state index contributed by atoms with van der Waals surface area (Å²) in [6, 6.07) is 8.24. The zero-order valence-electron chi connectivity index (χ0n) is 16.4. The quantitative estimate of drug-likeness (QED) is 0.661. The fourth-order valence-corrected chi connectivity index (χ4v) is 4.09. The largest absolute Gasteiger partial charge is 0.493 e. The van der Waals surface area contributed by atoms with Crippen molar-refractivity contribution in [1.82, 2.24) is 0 Å². The molecule has 5 nitrogen and oxygen atoms in total. The molecule has 0 amide bonds. The van der Waals surface area contributed by atoms with E-state index in [0.717, 1.165) is 46.7 Å². The summed E-state index contributed by atoms with van der Waals surface area (Å²) in [6.45, 7) is 3.06. The molecule has 0 unspecified atom stereocenters. The van der Waals surface area contributed by atoms with Crippen LogP contribution in [0.2, 0.25) is 0 Å². The Bertz CT molecular complexity index is 1040. The van der Waals surface area contributed by atoms with E-state index in [2.05, 4.69) is 35.9 Å². The van der Waals surface area contributed by atoms with Crippen molar-refractivity contribution in [2.75, 3.05) is 28.4 Å². The zero-order chi connectivity index (χ0) is 19.1. The van der Waals surface area contributed by atoms with Crippen LogP contribution in [0.15, 0.2) is 30.5 Å². The normalized spacial score (nSPS) is 12.3. The van der Waals surface area contributed by atoms with Crippen LogP contribution < -0.4 is 23.5 Å². The summed E-state index contributed by atoms with van der Waals surface area (Å²) in [7, 11) is 6.70. The Morgan fingerprint density at radius 1 is 0.815 bits per heavy atom. The van der Waals surface area contributed by atoms with Crippen molar-refractivity contribution in [2.24, 2.45) is 0 Å². The Kier molecular flexibility index (Phi) is 4.30. The molecule has 5 heteroatoms. The molecule has 1 aliphatic heterocycles. The fourth-order valence-electron chi connectivity index (χ4n) is 4.09. The average molecular weight is 366 g/mol. The number of hydrogen-bond donors (Lipinski definition) is 0. The van der Waals surface area contributed by atoms with E-state index >= 15 is 0 Å². The number of hydrogen-bond acceptors (Lipinski definition) is 4. The van der Waals surface area contributed by atoms with Crippen LogP contribution in [0, 0.1) is 6.92 Å². The third-order valence-electron chi connectivity index (χ3n) is 5.40. The second-order valence-corrected chi connectivity index (χ2v) is 6.67. The van der Waals surface area contributed by atoms with Gasteiger partial charge in [-0.05, 0) is 36.8 Å². The molecule has 4 rings (SSSR count). The van der Waals surface area contributed by atoms with Crippen LogP contribution in [0.25, 0.3) is 22.0 Å². The minimum Gasteiger partial charge on any atom is -0.493 e. The highest BCUT2D eigenvalue weighted by Gasteiger charge is 2.29. The minimum atomic E-state index is 0.743. The third kappa shape index (κ3) is 2.57. The van der Waals surface area contributed by atoms with Crippen molar-refractivity contribution < 1.29 is 23.5 Å². The van der Waals surface area contributed by atoms with Gasteiger partial charge in [-0.25, -0.2) is 0 Å². The zero-order valence-corrected chi connectivity index (χ0v) is 16.4. The Hall–Kier alpha value is -2.95. The SMILES string of the molecule is COc1cc2c(cc1OC)-c1c(C)c3ccc(OC)c(OC)c3c[n+]1CC2. The molecule has 0 spiro atoms. The van der Waals surface area contributed by atoms with Crippen LogP contribution >= 0.6 is 0 Å². The number of benzene rings is 2. The molecule has 0 fully saturated rings. The molecule has 2 aromatic carbocycles. The molecule has 140 valence electrons. The predicted octanol–water partition coefficient (Wildman–Crippen LogP) is 3.69. The van der Waals surface area contributed by atoms with Crippen molar-refractivity contribution in [1.29, 1.82) is 0 Å². The lowest BCUT2D eigenvalue weighted by Crippen LogP contribution is -2.41. The Morgan fingerprint density at radius 3 is 2.19 bits per heavy atom. The van der Waals surface area contributed by atoms with Crippen LogP contribution in [0.4, 0.5) is 0 Å². The third-order valence-corrected chi connectivity index (χ3v) is 5.40.